The zero-order valence-corrected chi connectivity index (χ0v) is 17.5. The van der Waals surface area contributed by atoms with Crippen LogP contribution in [0.15, 0.2) is 33.6 Å². The Balaban J connectivity index is 1.50. The molecule has 30 heavy (non-hydrogen) atoms. The largest absolute Gasteiger partial charge is 0.468 e. The van der Waals surface area contributed by atoms with Crippen molar-refractivity contribution in [2.75, 3.05) is 45.9 Å². The number of furan rings is 1. The second-order valence-electron chi connectivity index (χ2n) is 7.94. The molecule has 2 aliphatic rings. The molecule has 2 atom stereocenters. The number of nitrogens with zero attached hydrogens (tertiary/aromatic N) is 4. The van der Waals surface area contributed by atoms with E-state index in [-0.39, 0.29) is 23.8 Å². The average Bonchev–Trinajstić information content (AvgIpc) is 3.35. The number of carbonyl (C=O) groups excluding carboxylic acids is 2. The van der Waals surface area contributed by atoms with Gasteiger partial charge in [-0.15, -0.1) is 0 Å². The summed E-state index contributed by atoms with van der Waals surface area (Å²) in [6, 6.07) is 3.93. The number of aryl methyl sites for hydroxylation is 1. The predicted molar refractivity (Wildman–Crippen MR) is 107 cm³/mol. The summed E-state index contributed by atoms with van der Waals surface area (Å²) in [5.41, 5.74) is 1.11. The van der Waals surface area contributed by atoms with Crippen molar-refractivity contribution in [3.63, 3.8) is 0 Å². The Bertz CT molecular complexity index is 865. The molecule has 4 rings (SSSR count). The van der Waals surface area contributed by atoms with Gasteiger partial charge in [0.2, 0.25) is 0 Å². The van der Waals surface area contributed by atoms with Gasteiger partial charge in [0.05, 0.1) is 31.0 Å². The zero-order valence-electron chi connectivity index (χ0n) is 17.5. The maximum atomic E-state index is 12.9. The summed E-state index contributed by atoms with van der Waals surface area (Å²) in [6.45, 7) is 8.47. The molecule has 0 unspecified atom stereocenters. The Morgan fingerprint density at radius 3 is 2.80 bits per heavy atom. The van der Waals surface area contributed by atoms with Crippen molar-refractivity contribution in [3.05, 3.63) is 41.7 Å². The van der Waals surface area contributed by atoms with Gasteiger partial charge in [0.25, 0.3) is 5.91 Å². The standard InChI is InChI=1S/C21H28N4O5/c1-3-28-21(27)16-9-23(13-18-5-4-8-29-18)11-17-12-25(7-6-24(17)10-16)20(26)19-14-30-22-15(19)2/h4-5,8,14,16-17H,3,6-7,9-13H2,1-2H3/t16-,17+/m1/s1. The van der Waals surface area contributed by atoms with Crippen molar-refractivity contribution >= 4 is 11.9 Å². The molecule has 9 heteroatoms. The van der Waals surface area contributed by atoms with Crippen molar-refractivity contribution in [1.82, 2.24) is 19.9 Å². The fourth-order valence-electron chi connectivity index (χ4n) is 4.35. The van der Waals surface area contributed by atoms with Gasteiger partial charge >= 0.3 is 5.97 Å². The highest BCUT2D eigenvalue weighted by Gasteiger charge is 2.38. The minimum absolute atomic E-state index is 0.0582. The molecule has 0 bridgehead atoms. The smallest absolute Gasteiger partial charge is 0.311 e. The molecule has 2 fully saturated rings. The van der Waals surface area contributed by atoms with Crippen LogP contribution in [-0.4, -0.2) is 83.7 Å². The number of hydrogen-bond donors (Lipinski definition) is 0. The SMILES string of the molecule is CCOC(=O)[C@@H]1CN(Cc2ccco2)C[C@H]2CN(C(=O)c3conc3C)CCN2C1. The normalized spacial score (nSPS) is 23.1. The van der Waals surface area contributed by atoms with Crippen molar-refractivity contribution in [2.45, 2.75) is 26.4 Å². The van der Waals surface area contributed by atoms with Crippen LogP contribution in [0.25, 0.3) is 0 Å². The molecule has 2 saturated heterocycles. The maximum absolute atomic E-state index is 12.9. The van der Waals surface area contributed by atoms with E-state index >= 15 is 0 Å². The Morgan fingerprint density at radius 1 is 1.23 bits per heavy atom. The minimum atomic E-state index is -0.229. The van der Waals surface area contributed by atoms with Gasteiger partial charge in [0.1, 0.15) is 17.6 Å². The summed E-state index contributed by atoms with van der Waals surface area (Å²) in [7, 11) is 0. The molecule has 162 valence electrons. The fourth-order valence-corrected chi connectivity index (χ4v) is 4.35. The molecule has 0 spiro atoms. The van der Waals surface area contributed by atoms with E-state index in [1.54, 1.807) is 13.2 Å². The Hall–Kier alpha value is -2.65. The van der Waals surface area contributed by atoms with E-state index < -0.39 is 0 Å². The van der Waals surface area contributed by atoms with Gasteiger partial charge in [-0.3, -0.25) is 19.4 Å². The van der Waals surface area contributed by atoms with Crippen LogP contribution in [0, 0.1) is 12.8 Å². The van der Waals surface area contributed by atoms with Crippen molar-refractivity contribution in [2.24, 2.45) is 5.92 Å². The zero-order chi connectivity index (χ0) is 21.1. The number of amides is 1. The van der Waals surface area contributed by atoms with E-state index in [9.17, 15) is 9.59 Å². The van der Waals surface area contributed by atoms with Gasteiger partial charge in [0.15, 0.2) is 0 Å². The number of ether oxygens (including phenoxy) is 1. The van der Waals surface area contributed by atoms with E-state index in [4.69, 9.17) is 13.7 Å². The lowest BCUT2D eigenvalue weighted by atomic mass is 10.1. The number of piperazine rings is 1. The quantitative estimate of drug-likeness (QED) is 0.676. The summed E-state index contributed by atoms with van der Waals surface area (Å²) in [4.78, 5) is 31.9. The number of carbonyl (C=O) groups is 2. The Morgan fingerprint density at radius 2 is 2.10 bits per heavy atom. The van der Waals surface area contributed by atoms with E-state index in [2.05, 4.69) is 15.0 Å². The van der Waals surface area contributed by atoms with Crippen LogP contribution >= 0.6 is 0 Å². The third kappa shape index (κ3) is 4.41. The molecule has 0 radical (unpaired) electrons. The van der Waals surface area contributed by atoms with Crippen LogP contribution in [0.1, 0.15) is 28.7 Å². The summed E-state index contributed by atoms with van der Waals surface area (Å²) < 4.78 is 15.8. The molecule has 0 saturated carbocycles. The van der Waals surface area contributed by atoms with Crippen molar-refractivity contribution in [1.29, 1.82) is 0 Å². The molecular weight excluding hydrogens is 388 g/mol. The van der Waals surface area contributed by atoms with Crippen LogP contribution < -0.4 is 0 Å². The molecule has 4 heterocycles. The Kier molecular flexibility index (Phi) is 6.19. The summed E-state index contributed by atoms with van der Waals surface area (Å²) in [5, 5.41) is 3.83. The molecule has 1 amide bonds. The van der Waals surface area contributed by atoms with Gasteiger partial charge < -0.3 is 18.6 Å². The second-order valence-corrected chi connectivity index (χ2v) is 7.94. The number of hydrogen-bond acceptors (Lipinski definition) is 8. The van der Waals surface area contributed by atoms with E-state index in [0.29, 0.717) is 57.1 Å². The lowest BCUT2D eigenvalue weighted by Gasteiger charge is -2.41. The molecule has 2 aromatic heterocycles. The van der Waals surface area contributed by atoms with Crippen LogP contribution in [-0.2, 0) is 16.1 Å². The van der Waals surface area contributed by atoms with Crippen LogP contribution in [0.4, 0.5) is 0 Å². The first-order valence-electron chi connectivity index (χ1n) is 10.4. The lowest BCUT2D eigenvalue weighted by molar-refractivity contribution is -0.149. The van der Waals surface area contributed by atoms with Gasteiger partial charge in [-0.25, -0.2) is 0 Å². The number of rotatable bonds is 5. The van der Waals surface area contributed by atoms with Crippen molar-refractivity contribution in [3.8, 4) is 0 Å². The third-order valence-electron chi connectivity index (χ3n) is 5.85. The lowest BCUT2D eigenvalue weighted by Crippen LogP contribution is -2.57. The first kappa shape index (κ1) is 20.6. The van der Waals surface area contributed by atoms with E-state index in [0.717, 1.165) is 12.3 Å². The third-order valence-corrected chi connectivity index (χ3v) is 5.85. The number of fused-ring (bicyclic) bond motifs is 1. The second kappa shape index (κ2) is 9.01. The van der Waals surface area contributed by atoms with Gasteiger partial charge in [-0.2, -0.15) is 0 Å². The van der Waals surface area contributed by atoms with Crippen LogP contribution in [0.5, 0.6) is 0 Å². The van der Waals surface area contributed by atoms with Gasteiger partial charge in [0, 0.05) is 45.3 Å². The molecule has 9 nitrogen and oxygen atoms in total. The monoisotopic (exact) mass is 416 g/mol. The highest BCUT2D eigenvalue weighted by Crippen LogP contribution is 2.23. The predicted octanol–water partition coefficient (Wildman–Crippen LogP) is 1.40. The van der Waals surface area contributed by atoms with E-state index in [1.807, 2.05) is 24.0 Å². The molecule has 0 aliphatic carbocycles. The number of aromatic nitrogens is 1. The fraction of sp³-hybridized carbons (Fsp3) is 0.571. The molecule has 2 aromatic rings. The molecular formula is C21H28N4O5. The van der Waals surface area contributed by atoms with Crippen molar-refractivity contribution < 1.29 is 23.3 Å². The van der Waals surface area contributed by atoms with E-state index in [1.165, 1.54) is 6.26 Å². The van der Waals surface area contributed by atoms with Gasteiger partial charge in [-0.1, -0.05) is 5.16 Å². The molecule has 0 N–H and O–H groups in total. The first-order valence-corrected chi connectivity index (χ1v) is 10.4. The summed E-state index contributed by atoms with van der Waals surface area (Å²) >= 11 is 0. The average molecular weight is 416 g/mol. The maximum Gasteiger partial charge on any atom is 0.311 e. The minimum Gasteiger partial charge on any atom is -0.468 e. The summed E-state index contributed by atoms with van der Waals surface area (Å²) in [5.74, 6) is 0.403. The molecule has 2 aliphatic heterocycles. The number of esters is 1. The Labute approximate surface area is 175 Å². The summed E-state index contributed by atoms with van der Waals surface area (Å²) in [6.07, 6.45) is 3.07. The topological polar surface area (TPSA) is 92.3 Å². The van der Waals surface area contributed by atoms with Crippen LogP contribution in [0.2, 0.25) is 0 Å². The van der Waals surface area contributed by atoms with Gasteiger partial charge in [-0.05, 0) is 26.0 Å². The van der Waals surface area contributed by atoms with Crippen LogP contribution in [0.3, 0.4) is 0 Å². The molecule has 0 aromatic carbocycles. The highest BCUT2D eigenvalue weighted by atomic mass is 16.5. The highest BCUT2D eigenvalue weighted by molar-refractivity contribution is 5.94. The first-order chi connectivity index (χ1) is 14.5.